The molecule has 0 bridgehead atoms. The average molecular weight is 700 g/mol. The third-order valence-corrected chi connectivity index (χ3v) is 7.58. The predicted molar refractivity (Wildman–Crippen MR) is 165 cm³/mol. The number of carbonyl (C=O) groups is 2. The average Bonchev–Trinajstić information content (AvgIpc) is 3.06. The van der Waals surface area contributed by atoms with Crippen LogP contribution in [0, 0.1) is 0 Å². The molecule has 2 N–H and O–H groups in total. The third kappa shape index (κ3) is 8.98. The van der Waals surface area contributed by atoms with E-state index in [1.54, 1.807) is 13.0 Å². The normalized spacial score (nSPS) is 16.1. The van der Waals surface area contributed by atoms with Gasteiger partial charge >= 0.3 is 24.5 Å². The highest BCUT2D eigenvalue weighted by Gasteiger charge is 2.42. The van der Waals surface area contributed by atoms with Crippen molar-refractivity contribution >= 4 is 29.4 Å². The maximum absolute atomic E-state index is 13.8. The molecule has 0 saturated carbocycles. The lowest BCUT2D eigenvalue weighted by molar-refractivity contribution is -0.143. The second kappa shape index (κ2) is 15.6. The maximum atomic E-state index is 13.8. The molecule has 4 rings (SSSR count). The molecule has 0 radical (unpaired) electrons. The number of nitrogens with one attached hydrogen (secondary N) is 2. The minimum Gasteiger partial charge on any atom is -0.481 e. The summed E-state index contributed by atoms with van der Waals surface area (Å²) in [5.41, 5.74) is -2.62. The van der Waals surface area contributed by atoms with E-state index in [2.05, 4.69) is 25.6 Å². The van der Waals surface area contributed by atoms with Gasteiger partial charge in [-0.1, -0.05) is 6.92 Å². The summed E-state index contributed by atoms with van der Waals surface area (Å²) in [5, 5.41) is 5.09. The van der Waals surface area contributed by atoms with Crippen LogP contribution in [0.25, 0.3) is 0 Å². The standard InChI is InChI=1S/C31H35F6N7O5/c1-5-22-14-24(26-23(7-8-25(42-26)48-4)44(22)29(46)49-6-2)43(27-39-15-21(16-40-27)41-28(45)38-9-10-47-3)17-18-11-19(30(32,33)34)13-20(12-18)31(35,36)37/h7-8,11-13,15-16,22,24H,5-6,9-10,14,17H2,1-4H3,(H2,38,41,45). The summed E-state index contributed by atoms with van der Waals surface area (Å²) in [4.78, 5) is 41.4. The van der Waals surface area contributed by atoms with E-state index >= 15 is 0 Å². The van der Waals surface area contributed by atoms with Crippen molar-refractivity contribution in [2.45, 2.75) is 57.7 Å². The molecule has 3 heterocycles. The van der Waals surface area contributed by atoms with Crippen molar-refractivity contribution in [3.05, 3.63) is 65.1 Å². The van der Waals surface area contributed by atoms with Crippen LogP contribution in [0.15, 0.2) is 42.7 Å². The highest BCUT2D eigenvalue weighted by atomic mass is 19.4. The van der Waals surface area contributed by atoms with Crippen LogP contribution in [0.3, 0.4) is 0 Å². The zero-order chi connectivity index (χ0) is 35.9. The largest absolute Gasteiger partial charge is 0.481 e. The zero-order valence-electron chi connectivity index (χ0n) is 27.0. The number of pyridine rings is 1. The second-order valence-electron chi connectivity index (χ2n) is 10.8. The fourth-order valence-electron chi connectivity index (χ4n) is 5.35. The fraction of sp³-hybridized carbons (Fsp3) is 0.452. The number of fused-ring (bicyclic) bond motifs is 1. The summed E-state index contributed by atoms with van der Waals surface area (Å²) in [6.45, 7) is 3.48. The number of nitrogens with zero attached hydrogens (tertiary/aromatic N) is 5. The Morgan fingerprint density at radius 1 is 1.00 bits per heavy atom. The van der Waals surface area contributed by atoms with Crippen LogP contribution in [0.2, 0.25) is 0 Å². The fourth-order valence-corrected chi connectivity index (χ4v) is 5.35. The molecule has 0 saturated heterocycles. The molecule has 266 valence electrons. The summed E-state index contributed by atoms with van der Waals surface area (Å²) in [7, 11) is 2.83. The van der Waals surface area contributed by atoms with Gasteiger partial charge in [-0.15, -0.1) is 0 Å². The SMILES string of the molecule is CCOC(=O)N1c2ccc(OC)nc2C(N(Cc2cc(C(F)(F)F)cc(C(F)(F)F)c2)c2ncc(NC(=O)NCCOC)cn2)CC1CC. The molecule has 1 aliphatic heterocycles. The topological polar surface area (TPSA) is 131 Å². The first-order chi connectivity index (χ1) is 23.2. The molecule has 0 spiro atoms. The molecule has 49 heavy (non-hydrogen) atoms. The van der Waals surface area contributed by atoms with Gasteiger partial charge in [0.1, 0.15) is 0 Å². The molecule has 18 heteroatoms. The van der Waals surface area contributed by atoms with E-state index in [4.69, 9.17) is 14.2 Å². The molecule has 12 nitrogen and oxygen atoms in total. The minimum absolute atomic E-state index is 0.0507. The zero-order valence-corrected chi connectivity index (χ0v) is 27.0. The van der Waals surface area contributed by atoms with Gasteiger partial charge in [-0.3, -0.25) is 4.90 Å². The molecule has 1 aliphatic rings. The van der Waals surface area contributed by atoms with Crippen LogP contribution in [-0.4, -0.2) is 67.1 Å². The van der Waals surface area contributed by atoms with Crippen LogP contribution in [-0.2, 0) is 28.4 Å². The Kier molecular flexibility index (Phi) is 11.7. The molecule has 2 aromatic heterocycles. The number of methoxy groups -OCH3 is 2. The number of hydrogen-bond acceptors (Lipinski definition) is 9. The Morgan fingerprint density at radius 2 is 1.65 bits per heavy atom. The Hall–Kier alpha value is -4.87. The minimum atomic E-state index is -5.08. The third-order valence-electron chi connectivity index (χ3n) is 7.58. The molecular weight excluding hydrogens is 664 g/mol. The van der Waals surface area contributed by atoms with Crippen LogP contribution >= 0.6 is 0 Å². The van der Waals surface area contributed by atoms with Gasteiger partial charge in [0.25, 0.3) is 0 Å². The molecule has 3 amide bonds. The van der Waals surface area contributed by atoms with Crippen molar-refractivity contribution in [3.8, 4) is 5.88 Å². The first-order valence-corrected chi connectivity index (χ1v) is 15.1. The van der Waals surface area contributed by atoms with E-state index in [0.717, 1.165) is 0 Å². The van der Waals surface area contributed by atoms with E-state index in [1.807, 2.05) is 6.92 Å². The van der Waals surface area contributed by atoms with Gasteiger partial charge in [0.15, 0.2) is 0 Å². The van der Waals surface area contributed by atoms with E-state index in [0.29, 0.717) is 24.2 Å². The lowest BCUT2D eigenvalue weighted by Gasteiger charge is -2.43. The van der Waals surface area contributed by atoms with Gasteiger partial charge in [-0.25, -0.2) is 24.5 Å². The summed E-state index contributed by atoms with van der Waals surface area (Å²) < 4.78 is 98.5. The summed E-state index contributed by atoms with van der Waals surface area (Å²) >= 11 is 0. The number of ether oxygens (including phenoxy) is 3. The van der Waals surface area contributed by atoms with Crippen molar-refractivity contribution in [2.24, 2.45) is 0 Å². The Balaban J connectivity index is 1.86. The summed E-state index contributed by atoms with van der Waals surface area (Å²) in [5.74, 6) is 0.0390. The monoisotopic (exact) mass is 699 g/mol. The molecular formula is C31H35F6N7O5. The second-order valence-corrected chi connectivity index (χ2v) is 10.8. The van der Waals surface area contributed by atoms with Crippen molar-refractivity contribution < 1.29 is 50.1 Å². The van der Waals surface area contributed by atoms with Crippen molar-refractivity contribution in [2.75, 3.05) is 49.1 Å². The van der Waals surface area contributed by atoms with Crippen molar-refractivity contribution in [1.82, 2.24) is 20.3 Å². The number of aromatic nitrogens is 3. The van der Waals surface area contributed by atoms with Crippen LogP contribution in [0.1, 0.15) is 55.1 Å². The Morgan fingerprint density at radius 3 is 2.20 bits per heavy atom. The van der Waals surface area contributed by atoms with Crippen molar-refractivity contribution in [1.29, 1.82) is 0 Å². The number of anilines is 3. The number of rotatable bonds is 11. The quantitative estimate of drug-likeness (QED) is 0.168. The van der Waals surface area contributed by atoms with Crippen LogP contribution < -0.4 is 25.2 Å². The smallest absolute Gasteiger partial charge is 0.416 e. The molecule has 0 aliphatic carbocycles. The number of carbonyl (C=O) groups excluding carboxylic acids is 2. The first-order valence-electron chi connectivity index (χ1n) is 15.1. The first kappa shape index (κ1) is 37.0. The molecule has 0 fully saturated rings. The lowest BCUT2D eigenvalue weighted by Crippen LogP contribution is -2.48. The molecule has 1 aromatic carbocycles. The number of urea groups is 1. The van der Waals surface area contributed by atoms with Crippen LogP contribution in [0.4, 0.5) is 53.3 Å². The van der Waals surface area contributed by atoms with Gasteiger partial charge in [-0.05, 0) is 49.6 Å². The highest BCUT2D eigenvalue weighted by molar-refractivity contribution is 5.90. The molecule has 3 aromatic rings. The molecule has 2 atom stereocenters. The number of amides is 3. The number of halogens is 6. The maximum Gasteiger partial charge on any atom is 0.416 e. The Bertz CT molecular complexity index is 1570. The van der Waals surface area contributed by atoms with Gasteiger partial charge in [0.2, 0.25) is 11.8 Å². The van der Waals surface area contributed by atoms with Gasteiger partial charge in [0, 0.05) is 32.3 Å². The highest BCUT2D eigenvalue weighted by Crippen LogP contribution is 2.44. The van der Waals surface area contributed by atoms with Gasteiger partial charge in [-0.2, -0.15) is 26.3 Å². The molecule has 2 unspecified atom stereocenters. The van der Waals surface area contributed by atoms with E-state index in [9.17, 15) is 35.9 Å². The Labute approximate surface area is 277 Å². The van der Waals surface area contributed by atoms with E-state index in [-0.39, 0.29) is 61.0 Å². The van der Waals surface area contributed by atoms with Gasteiger partial charge in [0.05, 0.1) is 67.0 Å². The van der Waals surface area contributed by atoms with E-state index < -0.39 is 54.2 Å². The summed E-state index contributed by atoms with van der Waals surface area (Å²) in [6, 6.07) is 2.40. The number of hydrogen-bond donors (Lipinski definition) is 2. The lowest BCUT2D eigenvalue weighted by atomic mass is 9.92. The number of alkyl halides is 6. The van der Waals surface area contributed by atoms with Crippen LogP contribution in [0.5, 0.6) is 5.88 Å². The summed E-state index contributed by atoms with van der Waals surface area (Å²) in [6.07, 6.45) is -7.82. The predicted octanol–water partition coefficient (Wildman–Crippen LogP) is 6.58. The van der Waals surface area contributed by atoms with Gasteiger partial charge < -0.3 is 29.7 Å². The van der Waals surface area contributed by atoms with E-state index in [1.165, 1.54) is 42.5 Å². The van der Waals surface area contributed by atoms with Crippen molar-refractivity contribution in [3.63, 3.8) is 0 Å². The number of benzene rings is 1.